The smallest absolute Gasteiger partial charge is 0.338 e. The van der Waals surface area contributed by atoms with Crippen molar-refractivity contribution in [2.45, 2.75) is 42.4 Å². The van der Waals surface area contributed by atoms with Gasteiger partial charge in [0.15, 0.2) is 0 Å². The number of benzene rings is 1. The van der Waals surface area contributed by atoms with Crippen molar-refractivity contribution in [2.75, 3.05) is 6.61 Å². The number of hydrogen-bond donors (Lipinski definition) is 4. The van der Waals surface area contributed by atoms with E-state index in [-0.39, 0.29) is 17.0 Å². The van der Waals surface area contributed by atoms with Gasteiger partial charge in [0.2, 0.25) is 0 Å². The molecule has 14 heteroatoms. The molecule has 1 aliphatic rings. The molecule has 0 amide bonds. The van der Waals surface area contributed by atoms with Crippen molar-refractivity contribution in [3.05, 3.63) is 48.6 Å². The Kier molecular flexibility index (Phi) is 9.60. The van der Waals surface area contributed by atoms with Crippen molar-refractivity contribution < 1.29 is 51.9 Å². The van der Waals surface area contributed by atoms with Gasteiger partial charge in [0, 0.05) is 6.42 Å². The molecule has 1 fully saturated rings. The first-order valence-electron chi connectivity index (χ1n) is 9.12. The van der Waals surface area contributed by atoms with Gasteiger partial charge in [-0.15, -0.1) is 0 Å². The molecule has 0 aliphatic carbocycles. The zero-order chi connectivity index (χ0) is 23.9. The molecule has 12 nitrogen and oxygen atoms in total. The number of carbonyl (C=O) groups is 1. The highest BCUT2D eigenvalue weighted by Gasteiger charge is 2.44. The molecule has 32 heavy (non-hydrogen) atoms. The summed E-state index contributed by atoms with van der Waals surface area (Å²) < 4.78 is 47.0. The molecule has 6 atom stereocenters. The van der Waals surface area contributed by atoms with E-state index >= 15 is 0 Å². The van der Waals surface area contributed by atoms with Crippen molar-refractivity contribution in [2.24, 2.45) is 5.16 Å². The lowest BCUT2D eigenvalue weighted by molar-refractivity contribution is -0.205. The summed E-state index contributed by atoms with van der Waals surface area (Å²) in [5, 5.41) is 42.2. The van der Waals surface area contributed by atoms with Crippen LogP contribution in [0.5, 0.6) is 0 Å². The molecule has 1 saturated heterocycles. The van der Waals surface area contributed by atoms with Crippen LogP contribution in [0.3, 0.4) is 0 Å². The topological polar surface area (TPSA) is 195 Å². The quantitative estimate of drug-likeness (QED) is 0.0632. The first-order chi connectivity index (χ1) is 15.1. The fourth-order valence-electron chi connectivity index (χ4n) is 2.62. The van der Waals surface area contributed by atoms with E-state index in [0.29, 0.717) is 11.8 Å². The summed E-state index contributed by atoms with van der Waals surface area (Å²) >= 11 is 0.534. The van der Waals surface area contributed by atoms with E-state index in [1.165, 1.54) is 18.2 Å². The molecule has 0 radical (unpaired) electrons. The van der Waals surface area contributed by atoms with Gasteiger partial charge >= 0.3 is 5.97 Å². The monoisotopic (exact) mass is 492 g/mol. The molecular weight excluding hydrogens is 470 g/mol. The van der Waals surface area contributed by atoms with Crippen LogP contribution in [0.2, 0.25) is 0 Å². The summed E-state index contributed by atoms with van der Waals surface area (Å²) in [6.45, 7) is 2.84. The van der Waals surface area contributed by atoms with Gasteiger partial charge in [-0.05, 0) is 12.1 Å². The number of carbonyl (C=O) groups excluding carboxylic acids is 1. The molecule has 0 aromatic heterocycles. The second kappa shape index (κ2) is 11.7. The first-order valence-corrected chi connectivity index (χ1v) is 11.3. The van der Waals surface area contributed by atoms with Gasteiger partial charge < -0.3 is 34.5 Å². The highest BCUT2D eigenvalue weighted by molar-refractivity contribution is 8.14. The standard InChI is InChI=1S/C18H23NO11S2/c1-2-11(28-17(24)10-6-4-3-5-7-10)8-13(19-30-32(25,26)27)31-18-16(23)15(22)14(21)12(9-20)29-18/h2-7,11-12,14-16,18,20-23H,1,8-9H2,(H,25,26,27)/p-1/b19-13+/t11?,12-,14-,15+,16-,18+/m1/s1. The van der Waals surface area contributed by atoms with Crippen LogP contribution in [-0.2, 0) is 24.2 Å². The molecule has 1 heterocycles. The van der Waals surface area contributed by atoms with Crippen LogP contribution in [0, 0.1) is 0 Å². The molecule has 2 rings (SSSR count). The third-order valence-electron chi connectivity index (χ3n) is 4.24. The van der Waals surface area contributed by atoms with Gasteiger partial charge in [-0.2, -0.15) is 8.42 Å². The van der Waals surface area contributed by atoms with Gasteiger partial charge in [0.25, 0.3) is 10.4 Å². The van der Waals surface area contributed by atoms with Crippen LogP contribution in [-0.4, -0.2) is 87.0 Å². The van der Waals surface area contributed by atoms with Gasteiger partial charge in [-0.1, -0.05) is 47.8 Å². The average Bonchev–Trinajstić information content (AvgIpc) is 2.77. The predicted octanol–water partition coefficient (Wildman–Crippen LogP) is -0.889. The number of hydrogen-bond acceptors (Lipinski definition) is 13. The van der Waals surface area contributed by atoms with Crippen LogP contribution in [0.15, 0.2) is 48.1 Å². The van der Waals surface area contributed by atoms with E-state index in [4.69, 9.17) is 9.47 Å². The van der Waals surface area contributed by atoms with Gasteiger partial charge in [0.05, 0.1) is 12.2 Å². The molecule has 1 aliphatic heterocycles. The fourth-order valence-corrected chi connectivity index (χ4v) is 3.95. The molecule has 0 bridgehead atoms. The van der Waals surface area contributed by atoms with Gasteiger partial charge in [0.1, 0.15) is 41.0 Å². The molecule has 0 saturated carbocycles. The number of nitrogens with zero attached hydrogens (tertiary/aromatic N) is 1. The average molecular weight is 493 g/mol. The Bertz CT molecular complexity index is 907. The van der Waals surface area contributed by atoms with E-state index in [1.807, 2.05) is 0 Å². The van der Waals surface area contributed by atoms with E-state index in [2.05, 4.69) is 16.0 Å². The highest BCUT2D eigenvalue weighted by atomic mass is 32.3. The summed E-state index contributed by atoms with van der Waals surface area (Å²) in [6, 6.07) is 7.95. The van der Waals surface area contributed by atoms with Crippen molar-refractivity contribution in [1.82, 2.24) is 0 Å². The summed E-state index contributed by atoms with van der Waals surface area (Å²) in [5.74, 6) is -0.718. The number of aliphatic hydroxyl groups is 4. The van der Waals surface area contributed by atoms with Crippen LogP contribution in [0.25, 0.3) is 0 Å². The Balaban J connectivity index is 2.18. The zero-order valence-corrected chi connectivity index (χ0v) is 18.1. The summed E-state index contributed by atoms with van der Waals surface area (Å²) in [5.41, 5.74) is -1.12. The van der Waals surface area contributed by atoms with Crippen molar-refractivity contribution in [1.29, 1.82) is 0 Å². The molecule has 178 valence electrons. The molecule has 1 unspecified atom stereocenters. The number of oxime groups is 1. The summed E-state index contributed by atoms with van der Waals surface area (Å²) in [7, 11) is -5.23. The van der Waals surface area contributed by atoms with Gasteiger partial charge in [-0.25, -0.2) is 4.79 Å². The molecule has 4 N–H and O–H groups in total. The van der Waals surface area contributed by atoms with Crippen molar-refractivity contribution >= 4 is 33.2 Å². The van der Waals surface area contributed by atoms with Crippen LogP contribution < -0.4 is 0 Å². The summed E-state index contributed by atoms with van der Waals surface area (Å²) in [4.78, 5) is 12.3. The van der Waals surface area contributed by atoms with Crippen molar-refractivity contribution in [3.63, 3.8) is 0 Å². The number of thioether (sulfide) groups is 1. The van der Waals surface area contributed by atoms with Crippen LogP contribution in [0.1, 0.15) is 16.8 Å². The maximum absolute atomic E-state index is 12.3. The third-order valence-corrected chi connectivity index (χ3v) is 5.63. The number of aliphatic hydroxyl groups excluding tert-OH is 4. The Morgan fingerprint density at radius 2 is 1.91 bits per heavy atom. The van der Waals surface area contributed by atoms with Crippen LogP contribution in [0.4, 0.5) is 0 Å². The fraction of sp³-hybridized carbons (Fsp3) is 0.444. The van der Waals surface area contributed by atoms with E-state index in [9.17, 15) is 38.2 Å². The Labute approximate surface area is 188 Å². The minimum atomic E-state index is -5.23. The molecule has 0 spiro atoms. The summed E-state index contributed by atoms with van der Waals surface area (Å²) in [6.07, 6.45) is -6.40. The normalized spacial score (nSPS) is 27.4. The largest absolute Gasteiger partial charge is 0.714 e. The molecule has 1 aromatic rings. The lowest BCUT2D eigenvalue weighted by atomic mass is 10.0. The Hall–Kier alpha value is -2.04. The predicted molar refractivity (Wildman–Crippen MR) is 110 cm³/mol. The second-order valence-electron chi connectivity index (χ2n) is 6.53. The SMILES string of the molecule is C=CC(C/C(=N\OS(=O)(=O)[O-])S[C@@H]1O[C@H](CO)[C@@H](O)[C@H](O)[C@H]1O)OC(=O)c1ccccc1. The maximum atomic E-state index is 12.3. The minimum absolute atomic E-state index is 0.234. The van der Waals surface area contributed by atoms with Gasteiger partial charge in [-0.3, -0.25) is 4.28 Å². The number of esters is 1. The third kappa shape index (κ3) is 7.53. The number of rotatable bonds is 9. The Morgan fingerprint density at radius 1 is 1.25 bits per heavy atom. The van der Waals surface area contributed by atoms with E-state index in [0.717, 1.165) is 0 Å². The van der Waals surface area contributed by atoms with Crippen LogP contribution >= 0.6 is 11.8 Å². The van der Waals surface area contributed by atoms with E-state index < -0.39 is 58.9 Å². The Morgan fingerprint density at radius 3 is 2.47 bits per heavy atom. The molecular formula is C18H22NO11S2-. The highest BCUT2D eigenvalue weighted by Crippen LogP contribution is 2.31. The second-order valence-corrected chi connectivity index (χ2v) is 8.67. The van der Waals surface area contributed by atoms with Crippen molar-refractivity contribution in [3.8, 4) is 0 Å². The van der Waals surface area contributed by atoms with E-state index in [1.54, 1.807) is 18.2 Å². The molecule has 1 aromatic carbocycles. The first kappa shape index (κ1) is 26.2. The lowest BCUT2D eigenvalue weighted by Gasteiger charge is -2.39. The zero-order valence-electron chi connectivity index (χ0n) is 16.5. The minimum Gasteiger partial charge on any atom is -0.714 e. The maximum Gasteiger partial charge on any atom is 0.338 e. The lowest BCUT2D eigenvalue weighted by Crippen LogP contribution is -2.57. The number of ether oxygens (including phenoxy) is 2.